The quantitative estimate of drug-likeness (QED) is 0.323. The molecule has 1 heterocycles. The molecule has 0 saturated heterocycles. The summed E-state index contributed by atoms with van der Waals surface area (Å²) in [5.74, 6) is 1.80. The lowest BCUT2D eigenvalue weighted by atomic mass is 9.79. The van der Waals surface area contributed by atoms with Gasteiger partial charge in [-0.1, -0.05) is 96.1 Å². The fraction of sp³-hybridized carbons (Fsp3) is 0.323. The van der Waals surface area contributed by atoms with E-state index in [0.29, 0.717) is 17.8 Å². The molecule has 0 atom stereocenters. The van der Waals surface area contributed by atoms with Crippen LogP contribution in [-0.4, -0.2) is 4.98 Å². The molecular formula is C31H33N. The molecule has 1 nitrogen and oxygen atoms in total. The summed E-state index contributed by atoms with van der Waals surface area (Å²) in [6.45, 7) is 14.0. The van der Waals surface area contributed by atoms with Crippen molar-refractivity contribution in [3.8, 4) is 22.4 Å². The summed E-state index contributed by atoms with van der Waals surface area (Å²) in [6, 6.07) is 24.9. The Morgan fingerprint density at radius 3 is 2.19 bits per heavy atom. The molecule has 0 spiro atoms. The van der Waals surface area contributed by atoms with Gasteiger partial charge < -0.3 is 0 Å². The maximum Gasteiger partial charge on any atom is 0.0780 e. The molecule has 0 bridgehead atoms. The van der Waals surface area contributed by atoms with Crippen LogP contribution < -0.4 is 0 Å². The summed E-state index contributed by atoms with van der Waals surface area (Å²) in [5, 5.41) is 2.51. The molecule has 5 rings (SSSR count). The summed E-state index contributed by atoms with van der Waals surface area (Å²) >= 11 is 0. The Labute approximate surface area is 192 Å². The molecule has 0 N–H and O–H groups in total. The maximum absolute atomic E-state index is 4.84. The first-order valence-electron chi connectivity index (χ1n) is 11.9. The van der Waals surface area contributed by atoms with E-state index in [4.69, 9.17) is 4.98 Å². The van der Waals surface area contributed by atoms with Crippen molar-refractivity contribution in [1.82, 2.24) is 4.98 Å². The van der Waals surface area contributed by atoms with E-state index in [1.807, 2.05) is 6.20 Å². The van der Waals surface area contributed by atoms with Crippen molar-refractivity contribution < 1.29 is 0 Å². The Morgan fingerprint density at radius 2 is 1.44 bits per heavy atom. The van der Waals surface area contributed by atoms with Crippen molar-refractivity contribution in [2.24, 2.45) is 11.8 Å². The normalized spacial score (nSPS) is 14.4. The predicted octanol–water partition coefficient (Wildman–Crippen LogP) is 8.60. The Balaban J connectivity index is 1.63. The summed E-state index contributed by atoms with van der Waals surface area (Å²) in [5.41, 5.74) is 9.24. The molecule has 1 aromatic heterocycles. The first-order chi connectivity index (χ1) is 15.3. The predicted molar refractivity (Wildman–Crippen MR) is 137 cm³/mol. The van der Waals surface area contributed by atoms with Gasteiger partial charge in [-0.15, -0.1) is 0 Å². The Kier molecular flexibility index (Phi) is 4.97. The standard InChI is InChI=1S/C31H33N/c1-19(2)29(20(3)4)22-11-13-24-21(17-22)15-16-32-30(24)23-12-14-26-25-9-7-8-10-27(25)31(5,6)28(26)18-23/h7-20,29H,1-6H3. The molecule has 0 fully saturated rings. The van der Waals surface area contributed by atoms with Crippen LogP contribution >= 0.6 is 0 Å². The van der Waals surface area contributed by atoms with Crippen molar-refractivity contribution >= 4 is 10.8 Å². The van der Waals surface area contributed by atoms with Crippen LogP contribution in [0.25, 0.3) is 33.2 Å². The number of hydrogen-bond donors (Lipinski definition) is 0. The lowest BCUT2D eigenvalue weighted by Crippen LogP contribution is -2.15. The van der Waals surface area contributed by atoms with E-state index in [9.17, 15) is 0 Å². The van der Waals surface area contributed by atoms with Crippen LogP contribution in [0.4, 0.5) is 0 Å². The Morgan fingerprint density at radius 1 is 0.719 bits per heavy atom. The number of aromatic nitrogens is 1. The van der Waals surface area contributed by atoms with Crippen molar-refractivity contribution in [3.05, 3.63) is 89.6 Å². The van der Waals surface area contributed by atoms with Gasteiger partial charge in [-0.2, -0.15) is 0 Å². The van der Waals surface area contributed by atoms with E-state index in [2.05, 4.69) is 108 Å². The summed E-state index contributed by atoms with van der Waals surface area (Å²) < 4.78 is 0. The van der Waals surface area contributed by atoms with Crippen LogP contribution in [0.5, 0.6) is 0 Å². The molecule has 0 amide bonds. The third kappa shape index (κ3) is 3.18. The molecule has 0 aliphatic heterocycles. The van der Waals surface area contributed by atoms with Gasteiger partial charge in [0.15, 0.2) is 0 Å². The van der Waals surface area contributed by atoms with Crippen molar-refractivity contribution in [3.63, 3.8) is 0 Å². The monoisotopic (exact) mass is 419 g/mol. The average molecular weight is 420 g/mol. The van der Waals surface area contributed by atoms with Crippen molar-refractivity contribution in [2.45, 2.75) is 52.9 Å². The largest absolute Gasteiger partial charge is 0.256 e. The molecule has 0 saturated carbocycles. The molecule has 4 aromatic rings. The zero-order valence-electron chi connectivity index (χ0n) is 20.1. The van der Waals surface area contributed by atoms with Crippen LogP contribution in [0.15, 0.2) is 72.9 Å². The van der Waals surface area contributed by atoms with Gasteiger partial charge in [0.05, 0.1) is 5.69 Å². The van der Waals surface area contributed by atoms with Crippen LogP contribution in [-0.2, 0) is 5.41 Å². The third-order valence-corrected chi connectivity index (χ3v) is 7.47. The van der Waals surface area contributed by atoms with Gasteiger partial charge in [-0.05, 0) is 63.1 Å². The smallest absolute Gasteiger partial charge is 0.0780 e. The van der Waals surface area contributed by atoms with Gasteiger partial charge in [-0.3, -0.25) is 4.98 Å². The number of nitrogens with zero attached hydrogens (tertiary/aromatic N) is 1. The average Bonchev–Trinajstić information content (AvgIpc) is 3.00. The second kappa shape index (κ2) is 7.59. The Hall–Kier alpha value is -2.93. The number of rotatable bonds is 4. The minimum Gasteiger partial charge on any atom is -0.256 e. The van der Waals surface area contributed by atoms with E-state index in [1.54, 1.807) is 0 Å². The first kappa shape index (κ1) is 20.9. The molecule has 32 heavy (non-hydrogen) atoms. The highest BCUT2D eigenvalue weighted by Gasteiger charge is 2.35. The summed E-state index contributed by atoms with van der Waals surface area (Å²) in [6.07, 6.45) is 1.97. The fourth-order valence-corrected chi connectivity index (χ4v) is 6.02. The van der Waals surface area contributed by atoms with Gasteiger partial charge >= 0.3 is 0 Å². The molecule has 1 aliphatic rings. The van der Waals surface area contributed by atoms with Gasteiger partial charge in [-0.25, -0.2) is 0 Å². The molecular weight excluding hydrogens is 386 g/mol. The maximum atomic E-state index is 4.84. The lowest BCUT2D eigenvalue weighted by molar-refractivity contribution is 0.388. The molecule has 1 aliphatic carbocycles. The Bertz CT molecular complexity index is 1300. The second-order valence-electron chi connectivity index (χ2n) is 10.6. The van der Waals surface area contributed by atoms with Crippen molar-refractivity contribution in [2.75, 3.05) is 0 Å². The fourth-order valence-electron chi connectivity index (χ4n) is 6.02. The zero-order chi connectivity index (χ0) is 22.6. The highest BCUT2D eigenvalue weighted by molar-refractivity contribution is 5.96. The molecule has 3 aromatic carbocycles. The van der Waals surface area contributed by atoms with Crippen LogP contribution in [0, 0.1) is 11.8 Å². The second-order valence-corrected chi connectivity index (χ2v) is 10.6. The van der Waals surface area contributed by atoms with Crippen LogP contribution in [0.3, 0.4) is 0 Å². The van der Waals surface area contributed by atoms with E-state index in [1.165, 1.54) is 44.2 Å². The number of benzene rings is 3. The highest BCUT2D eigenvalue weighted by Crippen LogP contribution is 2.49. The number of fused-ring (bicyclic) bond motifs is 4. The third-order valence-electron chi connectivity index (χ3n) is 7.47. The molecule has 162 valence electrons. The minimum atomic E-state index is 0.00143. The highest BCUT2D eigenvalue weighted by atomic mass is 14.7. The lowest BCUT2D eigenvalue weighted by Gasteiger charge is -2.26. The van der Waals surface area contributed by atoms with Gasteiger partial charge in [0.1, 0.15) is 0 Å². The molecule has 1 heteroatoms. The zero-order valence-corrected chi connectivity index (χ0v) is 20.1. The van der Waals surface area contributed by atoms with Gasteiger partial charge in [0.2, 0.25) is 0 Å². The summed E-state index contributed by atoms with van der Waals surface area (Å²) in [4.78, 5) is 4.84. The topological polar surface area (TPSA) is 12.9 Å². The minimum absolute atomic E-state index is 0.00143. The van der Waals surface area contributed by atoms with E-state index < -0.39 is 0 Å². The SMILES string of the molecule is CC(C)C(c1ccc2c(-c3ccc4c(c3)C(C)(C)c3ccccc3-4)nccc2c1)C(C)C. The van der Waals surface area contributed by atoms with Crippen LogP contribution in [0.1, 0.15) is 64.2 Å². The van der Waals surface area contributed by atoms with Crippen molar-refractivity contribution in [1.29, 1.82) is 0 Å². The van der Waals surface area contributed by atoms with E-state index in [0.717, 1.165) is 5.69 Å². The first-order valence-corrected chi connectivity index (χ1v) is 11.9. The van der Waals surface area contributed by atoms with E-state index >= 15 is 0 Å². The number of pyridine rings is 1. The van der Waals surface area contributed by atoms with Gasteiger partial charge in [0.25, 0.3) is 0 Å². The molecule has 0 unspecified atom stereocenters. The van der Waals surface area contributed by atoms with Crippen LogP contribution in [0.2, 0.25) is 0 Å². The van der Waals surface area contributed by atoms with E-state index in [-0.39, 0.29) is 5.41 Å². The van der Waals surface area contributed by atoms with Gasteiger partial charge in [0, 0.05) is 22.6 Å². The summed E-state index contributed by atoms with van der Waals surface area (Å²) in [7, 11) is 0. The number of hydrogen-bond acceptors (Lipinski definition) is 1. The molecule has 0 radical (unpaired) electrons.